The number of amidine groups is 1. The van der Waals surface area contributed by atoms with Gasteiger partial charge < -0.3 is 5.11 Å². The summed E-state index contributed by atoms with van der Waals surface area (Å²) >= 11 is 14.1. The fourth-order valence-corrected chi connectivity index (χ4v) is 11.2. The van der Waals surface area contributed by atoms with Crippen LogP contribution in [0.2, 0.25) is 10.0 Å². The van der Waals surface area contributed by atoms with Crippen molar-refractivity contribution in [3.05, 3.63) is 125 Å². The molecular weight excluding hydrogens is 526 g/mol. The lowest BCUT2D eigenvalue weighted by molar-refractivity contribution is -0.413. The maximum Gasteiger partial charge on any atom is 0.156 e. The number of hydrogen-bond donors (Lipinski definition) is 0. The van der Waals surface area contributed by atoms with Crippen molar-refractivity contribution in [3.63, 3.8) is 0 Å². The van der Waals surface area contributed by atoms with E-state index in [0.29, 0.717) is 21.4 Å². The molecule has 0 saturated heterocycles. The van der Waals surface area contributed by atoms with Crippen LogP contribution in [0.1, 0.15) is 5.56 Å². The molecule has 4 aromatic carbocycles. The van der Waals surface area contributed by atoms with E-state index < -0.39 is 19.1 Å². The molecule has 2 atom stereocenters. The predicted molar refractivity (Wildman–Crippen MR) is 157 cm³/mol. The van der Waals surface area contributed by atoms with Gasteiger partial charge in [-0.15, -0.1) is 11.8 Å². The summed E-state index contributed by atoms with van der Waals surface area (Å²) in [5.74, 6) is 0.351. The first-order valence-corrected chi connectivity index (χ1v) is 15.3. The third-order valence-electron chi connectivity index (χ3n) is 6.28. The van der Waals surface area contributed by atoms with Crippen LogP contribution in [0.5, 0.6) is 0 Å². The van der Waals surface area contributed by atoms with Crippen LogP contribution in [-0.4, -0.2) is 29.0 Å². The first-order valence-electron chi connectivity index (χ1n) is 11.4. The monoisotopic (exact) mass is 548 g/mol. The SMILES string of the molecule is CSC1=NC(c2ccc(Cl)cc2Cl)=NC([O-])C1[P+](c1ccccc1)(c1ccccc1)c1ccccc1. The van der Waals surface area contributed by atoms with Gasteiger partial charge >= 0.3 is 0 Å². The van der Waals surface area contributed by atoms with E-state index in [4.69, 9.17) is 28.2 Å². The number of aliphatic imine (C=N–C) groups is 2. The van der Waals surface area contributed by atoms with Gasteiger partial charge in [-0.1, -0.05) is 77.8 Å². The van der Waals surface area contributed by atoms with Crippen LogP contribution in [-0.2, 0) is 0 Å². The van der Waals surface area contributed by atoms with Crippen molar-refractivity contribution in [2.75, 3.05) is 6.26 Å². The average Bonchev–Trinajstić information content (AvgIpc) is 2.91. The van der Waals surface area contributed by atoms with Crippen LogP contribution in [0.3, 0.4) is 0 Å². The summed E-state index contributed by atoms with van der Waals surface area (Å²) in [6.07, 6.45) is 0.696. The topological polar surface area (TPSA) is 47.8 Å². The number of thioether (sulfide) groups is 1. The Morgan fingerprint density at radius 2 is 1.25 bits per heavy atom. The molecule has 1 aliphatic heterocycles. The third kappa shape index (κ3) is 4.53. The molecule has 0 aliphatic carbocycles. The molecule has 0 radical (unpaired) electrons. The molecule has 0 bridgehead atoms. The van der Waals surface area contributed by atoms with Gasteiger partial charge in [0.2, 0.25) is 0 Å². The van der Waals surface area contributed by atoms with E-state index >= 15 is 0 Å². The fourth-order valence-electron chi connectivity index (χ4n) is 4.75. The Balaban J connectivity index is 1.78. The molecule has 0 aromatic heterocycles. The molecule has 180 valence electrons. The van der Waals surface area contributed by atoms with Crippen molar-refractivity contribution in [3.8, 4) is 0 Å². The number of nitrogens with zero attached hydrogens (tertiary/aromatic N) is 2. The zero-order chi connectivity index (χ0) is 25.1. The van der Waals surface area contributed by atoms with Crippen LogP contribution in [0.25, 0.3) is 0 Å². The normalized spacial score (nSPS) is 17.9. The highest BCUT2D eigenvalue weighted by Crippen LogP contribution is 2.62. The Morgan fingerprint density at radius 1 is 0.750 bits per heavy atom. The summed E-state index contributed by atoms with van der Waals surface area (Å²) in [6, 6.07) is 36.2. The Morgan fingerprint density at radius 3 is 1.69 bits per heavy atom. The van der Waals surface area contributed by atoms with Crippen LogP contribution in [0, 0.1) is 0 Å². The summed E-state index contributed by atoms with van der Waals surface area (Å²) < 4.78 is 0. The Labute approximate surface area is 226 Å². The van der Waals surface area contributed by atoms with Crippen LogP contribution < -0.4 is 21.0 Å². The summed E-state index contributed by atoms with van der Waals surface area (Å²) in [6.45, 7) is 0. The molecule has 0 fully saturated rings. The smallest absolute Gasteiger partial charge is 0.156 e. The summed E-state index contributed by atoms with van der Waals surface area (Å²) in [5, 5.41) is 19.3. The van der Waals surface area contributed by atoms with Gasteiger partial charge in [-0.25, -0.2) is 4.99 Å². The van der Waals surface area contributed by atoms with Gasteiger partial charge in [0.25, 0.3) is 0 Å². The lowest BCUT2D eigenvalue weighted by Crippen LogP contribution is -2.53. The minimum absolute atomic E-state index is 0.351. The second-order valence-electron chi connectivity index (χ2n) is 8.30. The van der Waals surface area contributed by atoms with Crippen molar-refractivity contribution < 1.29 is 5.11 Å². The van der Waals surface area contributed by atoms with Crippen molar-refractivity contribution in [1.29, 1.82) is 0 Å². The average molecular weight is 549 g/mol. The lowest BCUT2D eigenvalue weighted by Gasteiger charge is -2.41. The van der Waals surface area contributed by atoms with Crippen molar-refractivity contribution in [2.45, 2.75) is 11.9 Å². The molecule has 0 N–H and O–H groups in total. The van der Waals surface area contributed by atoms with E-state index in [9.17, 15) is 5.11 Å². The zero-order valence-electron chi connectivity index (χ0n) is 19.5. The molecule has 1 heterocycles. The highest BCUT2D eigenvalue weighted by atomic mass is 35.5. The standard InChI is InChI=1S/C29H23Cl2N2OPS/c1-36-29-26(28(34)32-27(33-29)24-18-17-20(30)19-25(24)31)35(21-11-5-2-6-12-21,22-13-7-3-8-14-22)23-15-9-4-10-16-23/h2-19,26,28H,1H3. The highest BCUT2D eigenvalue weighted by molar-refractivity contribution is 8.15. The van der Waals surface area contributed by atoms with Gasteiger partial charge in [0.15, 0.2) is 5.84 Å². The quantitative estimate of drug-likeness (QED) is 0.306. The van der Waals surface area contributed by atoms with Crippen molar-refractivity contribution in [2.24, 2.45) is 9.98 Å². The molecular formula is C29H23Cl2N2OPS. The fraction of sp³-hybridized carbons (Fsp3) is 0.103. The molecule has 7 heteroatoms. The van der Waals surface area contributed by atoms with Crippen LogP contribution >= 0.6 is 42.2 Å². The maximum atomic E-state index is 14.3. The van der Waals surface area contributed by atoms with Gasteiger partial charge in [-0.05, 0) is 60.9 Å². The van der Waals surface area contributed by atoms with Crippen molar-refractivity contribution >= 4 is 69.0 Å². The minimum Gasteiger partial charge on any atom is -0.831 e. The third-order valence-corrected chi connectivity index (χ3v) is 12.4. The van der Waals surface area contributed by atoms with E-state index in [2.05, 4.69) is 41.4 Å². The van der Waals surface area contributed by atoms with E-state index in [1.807, 2.05) is 60.9 Å². The van der Waals surface area contributed by atoms with Gasteiger partial charge in [-0.2, -0.15) is 0 Å². The van der Waals surface area contributed by atoms with Gasteiger partial charge in [0, 0.05) is 16.8 Å². The number of halogens is 2. The van der Waals surface area contributed by atoms with E-state index in [0.717, 1.165) is 21.0 Å². The molecule has 0 saturated carbocycles. The first kappa shape index (κ1) is 25.2. The van der Waals surface area contributed by atoms with Crippen LogP contribution in [0.15, 0.2) is 119 Å². The number of hydrogen-bond acceptors (Lipinski definition) is 4. The van der Waals surface area contributed by atoms with E-state index in [1.165, 1.54) is 11.8 Å². The van der Waals surface area contributed by atoms with Gasteiger partial charge in [0.05, 0.1) is 5.02 Å². The molecule has 0 amide bonds. The first-order chi connectivity index (χ1) is 17.6. The Bertz CT molecular complexity index is 1320. The number of benzene rings is 4. The molecule has 1 aliphatic rings. The van der Waals surface area contributed by atoms with Gasteiger partial charge in [-0.3, -0.25) is 4.99 Å². The zero-order valence-corrected chi connectivity index (χ0v) is 22.7. The van der Waals surface area contributed by atoms with E-state index in [1.54, 1.807) is 18.2 Å². The van der Waals surface area contributed by atoms with E-state index in [-0.39, 0.29) is 0 Å². The second-order valence-corrected chi connectivity index (χ2v) is 13.5. The molecule has 4 aromatic rings. The number of rotatable bonds is 5. The summed E-state index contributed by atoms with van der Waals surface area (Å²) in [7, 11) is -2.52. The largest absolute Gasteiger partial charge is 0.831 e. The second kappa shape index (κ2) is 10.9. The van der Waals surface area contributed by atoms with Crippen LogP contribution in [0.4, 0.5) is 0 Å². The molecule has 0 spiro atoms. The molecule has 3 nitrogen and oxygen atoms in total. The Hall–Kier alpha value is -2.46. The minimum atomic E-state index is -2.52. The van der Waals surface area contributed by atoms with Gasteiger partial charge in [0.1, 0.15) is 33.9 Å². The Kier molecular flexibility index (Phi) is 7.62. The lowest BCUT2D eigenvalue weighted by atomic mass is 10.2. The van der Waals surface area contributed by atoms with Crippen molar-refractivity contribution in [1.82, 2.24) is 0 Å². The summed E-state index contributed by atoms with van der Waals surface area (Å²) in [5.41, 5.74) is 0.129. The highest BCUT2D eigenvalue weighted by Gasteiger charge is 2.56. The predicted octanol–water partition coefficient (Wildman–Crippen LogP) is 5.56. The summed E-state index contributed by atoms with van der Waals surface area (Å²) in [4.78, 5) is 9.59. The molecule has 36 heavy (non-hydrogen) atoms. The molecule has 2 unspecified atom stereocenters. The molecule has 5 rings (SSSR count). The maximum absolute atomic E-state index is 14.3.